The van der Waals surface area contributed by atoms with E-state index in [0.717, 1.165) is 43.9 Å². The highest BCUT2D eigenvalue weighted by atomic mass is 19.1. The van der Waals surface area contributed by atoms with Crippen LogP contribution in [0.3, 0.4) is 0 Å². The maximum atomic E-state index is 13.4. The molecular formula is C19H22F2N2O4. The molecule has 1 saturated heterocycles. The van der Waals surface area contributed by atoms with Gasteiger partial charge in [0.05, 0.1) is 6.42 Å². The van der Waals surface area contributed by atoms with Gasteiger partial charge < -0.3 is 14.9 Å². The lowest BCUT2D eigenvalue weighted by molar-refractivity contribution is -0.157. The van der Waals surface area contributed by atoms with E-state index >= 15 is 0 Å². The predicted octanol–water partition coefficient (Wildman–Crippen LogP) is 2.17. The van der Waals surface area contributed by atoms with Gasteiger partial charge in [0.2, 0.25) is 11.8 Å². The summed E-state index contributed by atoms with van der Waals surface area (Å²) in [6, 6.07) is 1.94. The Kier molecular flexibility index (Phi) is 5.72. The second-order valence-corrected chi connectivity index (χ2v) is 7.16. The molecule has 0 bridgehead atoms. The fourth-order valence-corrected chi connectivity index (χ4v) is 3.95. The molecule has 2 amide bonds. The molecule has 0 aromatic heterocycles. The molecule has 1 saturated carbocycles. The highest BCUT2D eigenvalue weighted by Crippen LogP contribution is 2.29. The van der Waals surface area contributed by atoms with Crippen LogP contribution in [-0.4, -0.2) is 51.8 Å². The lowest BCUT2D eigenvalue weighted by atomic mass is 10.0. The molecule has 1 heterocycles. The first-order chi connectivity index (χ1) is 12.8. The van der Waals surface area contributed by atoms with Gasteiger partial charge >= 0.3 is 5.97 Å². The van der Waals surface area contributed by atoms with Crippen LogP contribution in [-0.2, 0) is 20.9 Å². The van der Waals surface area contributed by atoms with Gasteiger partial charge in [-0.1, -0.05) is 12.8 Å². The van der Waals surface area contributed by atoms with Gasteiger partial charge in [0.25, 0.3) is 0 Å². The Morgan fingerprint density at radius 3 is 2.30 bits per heavy atom. The Labute approximate surface area is 155 Å². The molecule has 1 aliphatic heterocycles. The van der Waals surface area contributed by atoms with Crippen molar-refractivity contribution in [3.05, 3.63) is 35.4 Å². The number of rotatable bonds is 5. The van der Waals surface area contributed by atoms with Crippen molar-refractivity contribution in [1.29, 1.82) is 0 Å². The first kappa shape index (κ1) is 19.3. The average molecular weight is 380 g/mol. The van der Waals surface area contributed by atoms with Crippen LogP contribution in [0.2, 0.25) is 0 Å². The number of hydrogen-bond donors (Lipinski definition) is 1. The molecule has 8 heteroatoms. The minimum Gasteiger partial charge on any atom is -0.481 e. The molecule has 1 aromatic carbocycles. The fourth-order valence-electron chi connectivity index (χ4n) is 3.95. The van der Waals surface area contributed by atoms with Crippen LogP contribution in [0.4, 0.5) is 8.78 Å². The molecule has 1 N–H and O–H groups in total. The number of piperazine rings is 1. The Morgan fingerprint density at radius 1 is 1.07 bits per heavy atom. The van der Waals surface area contributed by atoms with E-state index in [2.05, 4.69) is 0 Å². The van der Waals surface area contributed by atoms with Crippen molar-refractivity contribution in [2.75, 3.05) is 13.1 Å². The first-order valence-electron chi connectivity index (χ1n) is 9.11. The van der Waals surface area contributed by atoms with Crippen molar-refractivity contribution in [2.45, 2.75) is 44.7 Å². The van der Waals surface area contributed by atoms with Crippen molar-refractivity contribution in [2.24, 2.45) is 5.92 Å². The molecule has 0 spiro atoms. The second kappa shape index (κ2) is 8.02. The molecule has 1 atom stereocenters. The monoisotopic (exact) mass is 380 g/mol. The number of benzene rings is 1. The van der Waals surface area contributed by atoms with Gasteiger partial charge in [-0.15, -0.1) is 0 Å². The zero-order valence-corrected chi connectivity index (χ0v) is 14.9. The van der Waals surface area contributed by atoms with Gasteiger partial charge in [0.1, 0.15) is 17.7 Å². The Morgan fingerprint density at radius 2 is 1.70 bits per heavy atom. The van der Waals surface area contributed by atoms with E-state index in [-0.39, 0.29) is 37.0 Å². The van der Waals surface area contributed by atoms with Crippen LogP contribution in [0.25, 0.3) is 0 Å². The van der Waals surface area contributed by atoms with E-state index in [1.807, 2.05) is 0 Å². The summed E-state index contributed by atoms with van der Waals surface area (Å²) in [6.45, 7) is 0.386. The highest BCUT2D eigenvalue weighted by molar-refractivity contribution is 5.92. The molecule has 27 heavy (non-hydrogen) atoms. The van der Waals surface area contributed by atoms with Crippen LogP contribution >= 0.6 is 0 Å². The van der Waals surface area contributed by atoms with E-state index < -0.39 is 36.0 Å². The van der Waals surface area contributed by atoms with Crippen molar-refractivity contribution in [3.8, 4) is 0 Å². The third-order valence-electron chi connectivity index (χ3n) is 5.24. The lowest BCUT2D eigenvalue weighted by Crippen LogP contribution is -2.59. The quantitative estimate of drug-likeness (QED) is 0.849. The second-order valence-electron chi connectivity index (χ2n) is 7.16. The van der Waals surface area contributed by atoms with E-state index in [0.29, 0.717) is 0 Å². The largest absolute Gasteiger partial charge is 0.481 e. The van der Waals surface area contributed by atoms with Crippen LogP contribution < -0.4 is 0 Å². The van der Waals surface area contributed by atoms with Crippen LogP contribution in [0.15, 0.2) is 18.2 Å². The number of carboxylic acids is 1. The van der Waals surface area contributed by atoms with Gasteiger partial charge in [0.15, 0.2) is 0 Å². The van der Waals surface area contributed by atoms with Crippen LogP contribution in [0.1, 0.15) is 37.7 Å². The van der Waals surface area contributed by atoms with Crippen molar-refractivity contribution < 1.29 is 28.3 Å². The molecular weight excluding hydrogens is 358 g/mol. The summed E-state index contributed by atoms with van der Waals surface area (Å²) in [4.78, 5) is 39.6. The number of hydrogen-bond acceptors (Lipinski definition) is 3. The number of carboxylic acid groups (broad SMARTS) is 1. The van der Waals surface area contributed by atoms with Gasteiger partial charge in [-0.25, -0.2) is 8.78 Å². The van der Waals surface area contributed by atoms with Crippen LogP contribution in [0.5, 0.6) is 0 Å². The molecule has 146 valence electrons. The SMILES string of the molecule is O=C(O)CC1C(=O)N(Cc2cc(F)cc(F)c2)CCN1C(=O)C1CCCC1. The molecule has 3 rings (SSSR count). The summed E-state index contributed by atoms with van der Waals surface area (Å²) in [5, 5.41) is 9.19. The number of carbonyl (C=O) groups is 3. The molecule has 6 nitrogen and oxygen atoms in total. The number of halogens is 2. The summed E-state index contributed by atoms with van der Waals surface area (Å²) < 4.78 is 26.8. The van der Waals surface area contributed by atoms with Crippen molar-refractivity contribution >= 4 is 17.8 Å². The van der Waals surface area contributed by atoms with Crippen LogP contribution in [0, 0.1) is 17.6 Å². The zero-order chi connectivity index (χ0) is 19.6. The summed E-state index contributed by atoms with van der Waals surface area (Å²) in [7, 11) is 0. The van der Waals surface area contributed by atoms with E-state index in [1.165, 1.54) is 9.80 Å². The predicted molar refractivity (Wildman–Crippen MR) is 91.5 cm³/mol. The summed E-state index contributed by atoms with van der Waals surface area (Å²) >= 11 is 0. The molecule has 1 aliphatic carbocycles. The van der Waals surface area contributed by atoms with Gasteiger partial charge in [-0.3, -0.25) is 14.4 Å². The molecule has 2 aliphatic rings. The number of carbonyl (C=O) groups excluding carboxylic acids is 2. The van der Waals surface area contributed by atoms with E-state index in [9.17, 15) is 28.3 Å². The summed E-state index contributed by atoms with van der Waals surface area (Å²) in [5.74, 6) is -3.47. The third kappa shape index (κ3) is 4.43. The fraction of sp³-hybridized carbons (Fsp3) is 0.526. The van der Waals surface area contributed by atoms with Gasteiger partial charge in [0, 0.05) is 31.6 Å². The maximum absolute atomic E-state index is 13.4. The summed E-state index contributed by atoms with van der Waals surface area (Å²) in [5.41, 5.74) is 0.283. The Balaban J connectivity index is 1.77. The zero-order valence-electron chi connectivity index (χ0n) is 14.9. The lowest BCUT2D eigenvalue weighted by Gasteiger charge is -2.41. The average Bonchev–Trinajstić information content (AvgIpc) is 3.11. The number of amides is 2. The molecule has 2 fully saturated rings. The molecule has 1 aromatic rings. The minimum absolute atomic E-state index is 0.0326. The first-order valence-corrected chi connectivity index (χ1v) is 9.11. The normalized spacial score (nSPS) is 21.0. The van der Waals surface area contributed by atoms with Gasteiger partial charge in [-0.2, -0.15) is 0 Å². The minimum atomic E-state index is -1.17. The van der Waals surface area contributed by atoms with E-state index in [1.54, 1.807) is 0 Å². The van der Waals surface area contributed by atoms with Gasteiger partial charge in [-0.05, 0) is 30.5 Å². The highest BCUT2D eigenvalue weighted by Gasteiger charge is 2.41. The topological polar surface area (TPSA) is 77.9 Å². The van der Waals surface area contributed by atoms with E-state index in [4.69, 9.17) is 0 Å². The molecule has 0 radical (unpaired) electrons. The van der Waals surface area contributed by atoms with Crippen molar-refractivity contribution in [3.63, 3.8) is 0 Å². The smallest absolute Gasteiger partial charge is 0.305 e. The number of nitrogens with zero attached hydrogens (tertiary/aromatic N) is 2. The third-order valence-corrected chi connectivity index (χ3v) is 5.24. The maximum Gasteiger partial charge on any atom is 0.305 e. The standard InChI is InChI=1S/C19H22F2N2O4/c20-14-7-12(8-15(21)9-14)11-22-5-6-23(16(19(22)27)10-17(24)25)18(26)13-3-1-2-4-13/h7-9,13,16H,1-6,10-11H2,(H,24,25). The Bertz CT molecular complexity index is 729. The Hall–Kier alpha value is -2.51. The number of aliphatic carboxylic acids is 1. The van der Waals surface area contributed by atoms with Crippen molar-refractivity contribution in [1.82, 2.24) is 9.80 Å². The summed E-state index contributed by atoms with van der Waals surface area (Å²) in [6.07, 6.45) is 2.95. The molecule has 1 unspecified atom stereocenters.